The summed E-state index contributed by atoms with van der Waals surface area (Å²) in [6.45, 7) is 5.51. The number of hydrogen-bond donors (Lipinski definition) is 5. The Morgan fingerprint density at radius 1 is 1.04 bits per heavy atom. The lowest BCUT2D eigenvalue weighted by Gasteiger charge is -2.39. The molecule has 14 nitrogen and oxygen atoms in total. The predicted molar refractivity (Wildman–Crippen MR) is 181 cm³/mol. The number of carboxylic acids is 1. The van der Waals surface area contributed by atoms with E-state index < -0.39 is 71.7 Å². The number of carbonyl (C=O) groups is 6. The van der Waals surface area contributed by atoms with Crippen molar-refractivity contribution >= 4 is 41.3 Å². The summed E-state index contributed by atoms with van der Waals surface area (Å²) < 4.78 is 4.65. The number of carbonyl (C=O) groups excluding carboxylic acids is 5. The van der Waals surface area contributed by atoms with Crippen LogP contribution < -0.4 is 21.3 Å². The first-order valence-corrected chi connectivity index (χ1v) is 16.7. The molecule has 2 aromatic carbocycles. The Morgan fingerprint density at radius 2 is 1.78 bits per heavy atom. The minimum absolute atomic E-state index is 0.0137. The Morgan fingerprint density at radius 3 is 2.44 bits per heavy atom. The van der Waals surface area contributed by atoms with E-state index >= 15 is 0 Å². The summed E-state index contributed by atoms with van der Waals surface area (Å²) in [4.78, 5) is 79.9. The third kappa shape index (κ3) is 9.16. The van der Waals surface area contributed by atoms with Gasteiger partial charge < -0.3 is 36.0 Å². The first kappa shape index (κ1) is 37.4. The van der Waals surface area contributed by atoms with Gasteiger partial charge in [-0.25, -0.2) is 0 Å². The van der Waals surface area contributed by atoms with Crippen LogP contribution in [0.15, 0.2) is 42.5 Å². The average molecular weight is 689 g/mol. The largest absolute Gasteiger partial charge is 0.481 e. The number of ether oxygens (including phenoxy) is 1. The van der Waals surface area contributed by atoms with Crippen LogP contribution in [0.3, 0.4) is 0 Å². The summed E-state index contributed by atoms with van der Waals surface area (Å²) >= 11 is 0. The van der Waals surface area contributed by atoms with E-state index in [0.29, 0.717) is 18.4 Å². The summed E-state index contributed by atoms with van der Waals surface area (Å²) in [5.74, 6) is -4.52. The highest BCUT2D eigenvalue weighted by Gasteiger charge is 2.41. The lowest BCUT2D eigenvalue weighted by molar-refractivity contribution is -0.146. The highest BCUT2D eigenvalue weighted by Crippen LogP contribution is 2.32. The third-order valence-corrected chi connectivity index (χ3v) is 8.96. The van der Waals surface area contributed by atoms with Gasteiger partial charge in [-0.3, -0.25) is 28.8 Å². The molecule has 0 bridgehead atoms. The Bertz CT molecular complexity index is 1640. The maximum Gasteiger partial charge on any atom is 0.308 e. The molecule has 4 rings (SSSR count). The van der Waals surface area contributed by atoms with Gasteiger partial charge in [-0.15, -0.1) is 0 Å². The van der Waals surface area contributed by atoms with Crippen LogP contribution in [-0.2, 0) is 46.3 Å². The number of nitriles is 1. The van der Waals surface area contributed by atoms with Gasteiger partial charge in [-0.2, -0.15) is 5.26 Å². The van der Waals surface area contributed by atoms with Gasteiger partial charge in [0.05, 0.1) is 19.6 Å². The van der Waals surface area contributed by atoms with Gasteiger partial charge in [0.25, 0.3) is 0 Å². The van der Waals surface area contributed by atoms with E-state index in [0.717, 1.165) is 22.4 Å². The van der Waals surface area contributed by atoms with Crippen LogP contribution in [0.2, 0.25) is 0 Å². The van der Waals surface area contributed by atoms with E-state index in [4.69, 9.17) is 0 Å². The molecule has 50 heavy (non-hydrogen) atoms. The molecule has 2 aliphatic heterocycles. The van der Waals surface area contributed by atoms with Crippen LogP contribution in [0, 0.1) is 24.2 Å². The number of esters is 1. The van der Waals surface area contributed by atoms with E-state index in [1.54, 1.807) is 19.9 Å². The van der Waals surface area contributed by atoms with Crippen molar-refractivity contribution < 1.29 is 38.6 Å². The fraction of sp³-hybridized carbons (Fsp3) is 0.472. The number of nitrogens with zero attached hydrogens (tertiary/aromatic N) is 2. The van der Waals surface area contributed by atoms with Gasteiger partial charge in [-0.1, -0.05) is 55.8 Å². The maximum absolute atomic E-state index is 14.3. The summed E-state index contributed by atoms with van der Waals surface area (Å²) in [5, 5.41) is 30.1. The molecule has 1 unspecified atom stereocenters. The summed E-state index contributed by atoms with van der Waals surface area (Å²) in [6, 6.07) is 9.57. The van der Waals surface area contributed by atoms with Gasteiger partial charge >= 0.3 is 11.9 Å². The van der Waals surface area contributed by atoms with Crippen molar-refractivity contribution in [2.45, 2.75) is 89.5 Å². The fourth-order valence-corrected chi connectivity index (χ4v) is 6.31. The van der Waals surface area contributed by atoms with Crippen LogP contribution >= 0.6 is 0 Å². The van der Waals surface area contributed by atoms with Gasteiger partial charge in [0.2, 0.25) is 23.6 Å². The monoisotopic (exact) mass is 688 g/mol. The Kier molecular flexibility index (Phi) is 12.5. The fourth-order valence-electron chi connectivity index (χ4n) is 6.31. The Labute approximate surface area is 290 Å². The van der Waals surface area contributed by atoms with Gasteiger partial charge in [0.1, 0.15) is 30.2 Å². The second-order valence-corrected chi connectivity index (χ2v) is 13.0. The molecule has 2 aromatic rings. The van der Waals surface area contributed by atoms with Crippen LogP contribution in [0.5, 0.6) is 0 Å². The molecule has 14 heteroatoms. The smallest absolute Gasteiger partial charge is 0.308 e. The molecule has 2 aliphatic rings. The minimum atomic E-state index is -1.21. The topological polar surface area (TPSA) is 207 Å². The standard InChI is InChI=1S/C36H44N6O8/c1-20(2)31(41-33(46)27(10-7-11-29(43)44)40-34(47)28-17-23-8-5-6-9-26(23)39-28)36(49)42-15-14-22-16-21(3)12-13-25(22)32(42)35(48)38-24(19-37)18-30(45)50-4/h5-6,8-9,12-13,16,20,24,27-28,31-32,39H,7,10-11,14-15,17-18H2,1-4H3,(H,38,48)(H,40,47)(H,41,46)(H,43,44)/t24-,27-,28?,31-,32-/m0/s1. The van der Waals surface area contributed by atoms with Crippen LogP contribution in [0.25, 0.3) is 0 Å². The van der Waals surface area contributed by atoms with Crippen LogP contribution in [0.1, 0.15) is 67.8 Å². The summed E-state index contributed by atoms with van der Waals surface area (Å²) in [7, 11) is 1.17. The van der Waals surface area contributed by atoms with Crippen LogP contribution in [-0.4, -0.2) is 83.4 Å². The SMILES string of the molecule is COC(=O)C[C@@H](C#N)NC(=O)[C@@H]1c2ccc(C)cc2CCN1C(=O)[C@@H](NC(=O)[C@H](CCCC(=O)O)NC(=O)C1Cc2ccccc2N1)C(C)C. The number of hydrogen-bond acceptors (Lipinski definition) is 9. The zero-order valence-electron chi connectivity index (χ0n) is 28.7. The normalized spacial score (nSPS) is 17.9. The number of benzene rings is 2. The number of methoxy groups -OCH3 is 1. The van der Waals surface area contributed by atoms with E-state index in [1.165, 1.54) is 12.0 Å². The van der Waals surface area contributed by atoms with Crippen molar-refractivity contribution in [2.75, 3.05) is 19.0 Å². The highest BCUT2D eigenvalue weighted by molar-refractivity contribution is 5.96. The number of aryl methyl sites for hydroxylation is 1. The molecule has 5 atom stereocenters. The van der Waals surface area contributed by atoms with Crippen molar-refractivity contribution in [3.8, 4) is 6.07 Å². The molecule has 266 valence electrons. The van der Waals surface area contributed by atoms with Crippen molar-refractivity contribution in [3.05, 3.63) is 64.7 Å². The van der Waals surface area contributed by atoms with Crippen molar-refractivity contribution in [1.82, 2.24) is 20.9 Å². The minimum Gasteiger partial charge on any atom is -0.481 e. The quantitative estimate of drug-likeness (QED) is 0.182. The lowest BCUT2D eigenvalue weighted by Crippen LogP contribution is -2.59. The molecular formula is C36H44N6O8. The number of rotatable bonds is 14. The molecule has 0 aliphatic carbocycles. The number of amides is 4. The molecular weight excluding hydrogens is 644 g/mol. The molecule has 4 amide bonds. The molecule has 0 spiro atoms. The molecule has 0 fully saturated rings. The predicted octanol–water partition coefficient (Wildman–Crippen LogP) is 1.91. The Balaban J connectivity index is 1.56. The summed E-state index contributed by atoms with van der Waals surface area (Å²) in [5.41, 5.74) is 4.13. The first-order chi connectivity index (χ1) is 23.8. The zero-order chi connectivity index (χ0) is 36.5. The number of anilines is 1. The van der Waals surface area contributed by atoms with Gasteiger partial charge in [-0.05, 0) is 54.9 Å². The van der Waals surface area contributed by atoms with E-state index in [2.05, 4.69) is 26.0 Å². The van der Waals surface area contributed by atoms with Crippen molar-refractivity contribution in [2.24, 2.45) is 5.92 Å². The molecule has 0 saturated carbocycles. The van der Waals surface area contributed by atoms with Crippen LogP contribution in [0.4, 0.5) is 5.69 Å². The zero-order valence-corrected chi connectivity index (χ0v) is 28.7. The molecule has 2 heterocycles. The van der Waals surface area contributed by atoms with E-state index in [9.17, 15) is 39.1 Å². The molecule has 0 radical (unpaired) electrons. The number of aliphatic carboxylic acids is 1. The molecule has 0 aromatic heterocycles. The molecule has 5 N–H and O–H groups in total. The number of carboxylic acid groups (broad SMARTS) is 1. The second kappa shape index (κ2) is 16.8. The van der Waals surface area contributed by atoms with Gasteiger partial charge in [0, 0.05) is 25.1 Å². The van der Waals surface area contributed by atoms with Crippen molar-refractivity contribution in [1.29, 1.82) is 5.26 Å². The third-order valence-electron chi connectivity index (χ3n) is 8.96. The first-order valence-electron chi connectivity index (χ1n) is 16.7. The molecule has 0 saturated heterocycles. The second-order valence-electron chi connectivity index (χ2n) is 13.0. The number of fused-ring (bicyclic) bond motifs is 2. The average Bonchev–Trinajstić information content (AvgIpc) is 3.53. The summed E-state index contributed by atoms with van der Waals surface area (Å²) in [6.07, 6.45) is 0.344. The van der Waals surface area contributed by atoms with E-state index in [1.807, 2.05) is 49.4 Å². The van der Waals surface area contributed by atoms with E-state index in [-0.39, 0.29) is 32.2 Å². The number of nitrogens with one attached hydrogen (secondary N) is 4. The maximum atomic E-state index is 14.3. The lowest BCUT2D eigenvalue weighted by atomic mass is 9.89. The highest BCUT2D eigenvalue weighted by atomic mass is 16.5. The van der Waals surface area contributed by atoms with Crippen molar-refractivity contribution in [3.63, 3.8) is 0 Å². The Hall–Kier alpha value is -5.45. The van der Waals surface area contributed by atoms with Gasteiger partial charge in [0.15, 0.2) is 0 Å². The number of para-hydroxylation sites is 1.